The van der Waals surface area contributed by atoms with E-state index in [0.717, 1.165) is 96.3 Å². The fourth-order valence-electron chi connectivity index (χ4n) is 7.31. The highest BCUT2D eigenvalue weighted by atomic mass is 16.5. The second-order valence-corrected chi connectivity index (χ2v) is 13.7. The van der Waals surface area contributed by atoms with Gasteiger partial charge in [0.15, 0.2) is 0 Å². The van der Waals surface area contributed by atoms with Gasteiger partial charge in [-0.1, -0.05) is 20.3 Å². The summed E-state index contributed by atoms with van der Waals surface area (Å²) in [5, 5.41) is 9.87. The smallest absolute Gasteiger partial charge is 0.223 e. The molecule has 0 saturated carbocycles. The summed E-state index contributed by atoms with van der Waals surface area (Å²) in [5.74, 6) is 3.04. The molecule has 0 spiro atoms. The number of rotatable bonds is 9. The molecule has 2 aromatic heterocycles. The molecule has 0 bridgehead atoms. The number of hydrogen-bond donors (Lipinski definition) is 0. The summed E-state index contributed by atoms with van der Waals surface area (Å²) in [6.45, 7) is 12.1. The second-order valence-electron chi connectivity index (χ2n) is 13.7. The van der Waals surface area contributed by atoms with Gasteiger partial charge in [-0.2, -0.15) is 10.2 Å². The number of likely N-dealkylation sites (tertiary alicyclic amines) is 2. The number of aryl methyl sites for hydroxylation is 1. The molecule has 3 fully saturated rings. The first kappa shape index (κ1) is 31.5. The Morgan fingerprint density at radius 3 is 2.36 bits per heavy atom. The lowest BCUT2D eigenvalue weighted by atomic mass is 10.0. The van der Waals surface area contributed by atoms with Gasteiger partial charge in [-0.25, -0.2) is 4.98 Å². The molecular weight excluding hydrogens is 586 g/mol. The molecule has 1 amide bonds. The molecule has 7 rings (SSSR count). The lowest BCUT2D eigenvalue weighted by Crippen LogP contribution is -2.53. The van der Waals surface area contributed by atoms with Crippen molar-refractivity contribution in [3.63, 3.8) is 0 Å². The zero-order valence-corrected chi connectivity index (χ0v) is 28.1. The van der Waals surface area contributed by atoms with Crippen molar-refractivity contribution < 1.29 is 9.53 Å². The highest BCUT2D eigenvalue weighted by molar-refractivity contribution is 5.84. The highest BCUT2D eigenvalue weighted by Crippen LogP contribution is 2.34. The number of fused-ring (bicyclic) bond motifs is 1. The van der Waals surface area contributed by atoms with Crippen LogP contribution in [0.15, 0.2) is 60.7 Å². The number of aromatic nitrogens is 3. The zero-order chi connectivity index (χ0) is 32.3. The Bertz CT molecular complexity index is 1680. The number of amides is 1. The number of pyridine rings is 1. The minimum atomic E-state index is 0.201. The normalized spacial score (nSPS) is 20.0. The van der Waals surface area contributed by atoms with E-state index in [9.17, 15) is 4.79 Å². The minimum Gasteiger partial charge on any atom is -0.457 e. The molecule has 9 heteroatoms. The largest absolute Gasteiger partial charge is 0.457 e. The van der Waals surface area contributed by atoms with Gasteiger partial charge < -0.3 is 19.4 Å². The van der Waals surface area contributed by atoms with Gasteiger partial charge >= 0.3 is 0 Å². The van der Waals surface area contributed by atoms with Gasteiger partial charge in [0, 0.05) is 74.3 Å². The Balaban J connectivity index is 1.11. The summed E-state index contributed by atoms with van der Waals surface area (Å²) >= 11 is 0. The first-order valence-corrected chi connectivity index (χ1v) is 17.4. The molecule has 0 radical (unpaired) electrons. The van der Waals surface area contributed by atoms with Crippen molar-refractivity contribution in [3.8, 4) is 22.8 Å². The SMILES string of the molecule is CCCc1ccc(-c2ccc(Oc3cc4nc(N5CCN(C6CCN(C)CC6)CC5)ccc4cc3CN3C[C@@H](C)CC3=O)cc2)nn1. The fourth-order valence-corrected chi connectivity index (χ4v) is 7.31. The van der Waals surface area contributed by atoms with E-state index in [1.165, 1.54) is 25.9 Å². The number of piperazine rings is 1. The first-order valence-electron chi connectivity index (χ1n) is 17.4. The molecule has 246 valence electrons. The Kier molecular flexibility index (Phi) is 9.36. The van der Waals surface area contributed by atoms with Crippen LogP contribution in [-0.2, 0) is 17.8 Å². The minimum absolute atomic E-state index is 0.201. The predicted molar refractivity (Wildman–Crippen MR) is 187 cm³/mol. The third-order valence-electron chi connectivity index (χ3n) is 10.1. The van der Waals surface area contributed by atoms with Crippen LogP contribution in [0.25, 0.3) is 22.2 Å². The van der Waals surface area contributed by atoms with Crippen LogP contribution in [0.5, 0.6) is 11.5 Å². The van der Waals surface area contributed by atoms with Gasteiger partial charge in [0.1, 0.15) is 17.3 Å². The monoisotopic (exact) mass is 633 g/mol. The summed E-state index contributed by atoms with van der Waals surface area (Å²) in [4.78, 5) is 27.4. The number of nitrogens with zero attached hydrogens (tertiary/aromatic N) is 7. The van der Waals surface area contributed by atoms with Gasteiger partial charge in [-0.05, 0) is 99.9 Å². The zero-order valence-electron chi connectivity index (χ0n) is 28.1. The fraction of sp³-hybridized carbons (Fsp3) is 0.474. The van der Waals surface area contributed by atoms with Crippen molar-refractivity contribution in [1.82, 2.24) is 29.9 Å². The average molecular weight is 634 g/mol. The topological polar surface area (TPSA) is 77.9 Å². The summed E-state index contributed by atoms with van der Waals surface area (Å²) < 4.78 is 6.57. The van der Waals surface area contributed by atoms with Crippen LogP contribution < -0.4 is 9.64 Å². The highest BCUT2D eigenvalue weighted by Gasteiger charge is 2.29. The van der Waals surface area contributed by atoms with E-state index in [2.05, 4.69) is 76.1 Å². The lowest BCUT2D eigenvalue weighted by molar-refractivity contribution is -0.128. The maximum Gasteiger partial charge on any atom is 0.223 e. The molecule has 1 atom stereocenters. The molecule has 2 aromatic carbocycles. The first-order chi connectivity index (χ1) is 22.9. The molecule has 4 aromatic rings. The Morgan fingerprint density at radius 1 is 0.894 bits per heavy atom. The van der Waals surface area contributed by atoms with E-state index in [1.54, 1.807) is 0 Å². The van der Waals surface area contributed by atoms with Crippen molar-refractivity contribution in [2.75, 3.05) is 57.8 Å². The van der Waals surface area contributed by atoms with Crippen LogP contribution in [0.4, 0.5) is 5.82 Å². The van der Waals surface area contributed by atoms with Crippen LogP contribution in [0.3, 0.4) is 0 Å². The van der Waals surface area contributed by atoms with Gasteiger partial charge in [0.05, 0.1) is 16.9 Å². The number of carbonyl (C=O) groups excluding carboxylic acids is 1. The second kappa shape index (κ2) is 14.0. The molecule has 3 aliphatic heterocycles. The van der Waals surface area contributed by atoms with Crippen LogP contribution in [0.2, 0.25) is 0 Å². The standard InChI is InChI=1S/C38H47N7O2/c1-4-5-31-9-12-34(41-40-31)28-6-10-33(11-7-28)47-36-24-35-29(23-30(36)26-45-25-27(2)22-38(45)46)8-13-37(39-35)44-20-18-43(19-21-44)32-14-16-42(3)17-15-32/h6-13,23-24,27,32H,4-5,14-22,25-26H2,1-3H3/t27-/m0/s1. The maximum atomic E-state index is 12.8. The van der Waals surface area contributed by atoms with Crippen molar-refractivity contribution >= 4 is 22.6 Å². The Morgan fingerprint density at radius 2 is 1.68 bits per heavy atom. The van der Waals surface area contributed by atoms with E-state index < -0.39 is 0 Å². The van der Waals surface area contributed by atoms with Crippen molar-refractivity contribution in [2.45, 2.75) is 58.5 Å². The summed E-state index contributed by atoms with van der Waals surface area (Å²) in [5.41, 5.74) is 4.73. The Hall–Kier alpha value is -4.08. The van der Waals surface area contributed by atoms with Crippen LogP contribution in [0, 0.1) is 5.92 Å². The van der Waals surface area contributed by atoms with Crippen molar-refractivity contribution in [3.05, 3.63) is 71.9 Å². The molecule has 0 aliphatic carbocycles. The van der Waals surface area contributed by atoms with E-state index >= 15 is 0 Å². The predicted octanol–water partition coefficient (Wildman–Crippen LogP) is 6.02. The van der Waals surface area contributed by atoms with Gasteiger partial charge in [-0.15, -0.1) is 0 Å². The summed E-state index contributed by atoms with van der Waals surface area (Å²) in [6.07, 6.45) is 5.11. The van der Waals surface area contributed by atoms with Crippen LogP contribution in [0.1, 0.15) is 50.8 Å². The molecule has 3 aliphatic rings. The van der Waals surface area contributed by atoms with Crippen LogP contribution in [-0.4, -0.2) is 94.7 Å². The average Bonchev–Trinajstić information content (AvgIpc) is 3.41. The maximum absolute atomic E-state index is 12.8. The van der Waals surface area contributed by atoms with Crippen molar-refractivity contribution in [2.24, 2.45) is 5.92 Å². The Labute approximate surface area is 278 Å². The number of ether oxygens (including phenoxy) is 1. The quantitative estimate of drug-likeness (QED) is 0.222. The van der Waals surface area contributed by atoms with E-state index in [1.807, 2.05) is 35.2 Å². The van der Waals surface area contributed by atoms with Crippen molar-refractivity contribution in [1.29, 1.82) is 0 Å². The number of piperidine rings is 1. The van der Waals surface area contributed by atoms with Gasteiger partial charge in [-0.3, -0.25) is 9.69 Å². The van der Waals surface area contributed by atoms with E-state index in [-0.39, 0.29) is 5.91 Å². The number of hydrogen-bond acceptors (Lipinski definition) is 8. The van der Waals surface area contributed by atoms with E-state index in [4.69, 9.17) is 9.72 Å². The molecule has 0 unspecified atom stereocenters. The van der Waals surface area contributed by atoms with Gasteiger partial charge in [0.25, 0.3) is 0 Å². The number of anilines is 1. The molecule has 3 saturated heterocycles. The molecule has 47 heavy (non-hydrogen) atoms. The lowest BCUT2D eigenvalue weighted by Gasteiger charge is -2.42. The molecular formula is C38H47N7O2. The molecule has 9 nitrogen and oxygen atoms in total. The third-order valence-corrected chi connectivity index (χ3v) is 10.1. The van der Waals surface area contributed by atoms with Gasteiger partial charge in [0.2, 0.25) is 5.91 Å². The van der Waals surface area contributed by atoms with E-state index in [0.29, 0.717) is 24.9 Å². The number of carbonyl (C=O) groups is 1. The third kappa shape index (κ3) is 7.26. The summed E-state index contributed by atoms with van der Waals surface area (Å²) in [6, 6.07) is 21.3. The molecule has 5 heterocycles. The number of benzene rings is 2. The molecule has 0 N–H and O–H groups in total. The summed E-state index contributed by atoms with van der Waals surface area (Å²) in [7, 11) is 2.23. The van der Waals surface area contributed by atoms with Crippen LogP contribution >= 0.6 is 0 Å².